The Morgan fingerprint density at radius 1 is 1.56 bits per heavy atom. The summed E-state index contributed by atoms with van der Waals surface area (Å²) in [5, 5.41) is 12.2. The average Bonchev–Trinajstić information content (AvgIpc) is 2.65. The fraction of sp³-hybridized carbons (Fsp3) is 0.545. The van der Waals surface area contributed by atoms with E-state index in [4.69, 9.17) is 5.11 Å². The maximum absolute atomic E-state index is 11.0. The quantitative estimate of drug-likeness (QED) is 0.730. The summed E-state index contributed by atoms with van der Waals surface area (Å²) >= 11 is 1.58. The topological polar surface area (TPSA) is 58.6 Å². The van der Waals surface area contributed by atoms with E-state index in [0.29, 0.717) is 13.0 Å². The number of nitrogens with one attached hydrogen (secondary N) is 1. The Morgan fingerprint density at radius 2 is 2.25 bits per heavy atom. The van der Waals surface area contributed by atoms with Crippen LogP contribution >= 0.6 is 11.3 Å². The Morgan fingerprint density at radius 3 is 2.88 bits per heavy atom. The Bertz CT molecular complexity index is 336. The standard InChI is InChI=1S/C11H17NO3S/c1-8(13)6-12-7-10-4-3-9(16-10)5-11(14)15-2/h3-4,8,12-13H,5-7H2,1-2H3. The molecule has 0 aromatic carbocycles. The second-order valence-corrected chi connectivity index (χ2v) is 4.85. The predicted octanol–water partition coefficient (Wildman–Crippen LogP) is 0.934. The molecule has 0 saturated carbocycles. The number of methoxy groups -OCH3 is 1. The summed E-state index contributed by atoms with van der Waals surface area (Å²) in [6, 6.07) is 3.92. The SMILES string of the molecule is COC(=O)Cc1ccc(CNCC(C)O)s1. The molecule has 1 atom stereocenters. The van der Waals surface area contributed by atoms with Gasteiger partial charge in [0.1, 0.15) is 0 Å². The van der Waals surface area contributed by atoms with Crippen LogP contribution in [0.1, 0.15) is 16.7 Å². The molecule has 2 N–H and O–H groups in total. The number of carbonyl (C=O) groups is 1. The van der Waals surface area contributed by atoms with Gasteiger partial charge in [0.2, 0.25) is 0 Å². The van der Waals surface area contributed by atoms with Gasteiger partial charge < -0.3 is 15.2 Å². The van der Waals surface area contributed by atoms with Gasteiger partial charge >= 0.3 is 5.97 Å². The van der Waals surface area contributed by atoms with Gasteiger partial charge in [0, 0.05) is 22.8 Å². The van der Waals surface area contributed by atoms with Gasteiger partial charge in [-0.15, -0.1) is 11.3 Å². The summed E-state index contributed by atoms with van der Waals surface area (Å²) < 4.78 is 4.60. The van der Waals surface area contributed by atoms with Crippen LogP contribution in [0.4, 0.5) is 0 Å². The first-order valence-electron chi connectivity index (χ1n) is 5.15. The van der Waals surface area contributed by atoms with Crippen LogP contribution in [0.3, 0.4) is 0 Å². The smallest absolute Gasteiger partial charge is 0.310 e. The zero-order valence-corrected chi connectivity index (χ0v) is 10.3. The monoisotopic (exact) mass is 243 g/mol. The molecule has 90 valence electrons. The minimum Gasteiger partial charge on any atom is -0.469 e. The summed E-state index contributed by atoms with van der Waals surface area (Å²) in [7, 11) is 1.39. The van der Waals surface area contributed by atoms with Crippen molar-refractivity contribution in [3.63, 3.8) is 0 Å². The van der Waals surface area contributed by atoms with E-state index in [9.17, 15) is 4.79 Å². The molecule has 0 amide bonds. The van der Waals surface area contributed by atoms with Crippen LogP contribution in [0.25, 0.3) is 0 Å². The molecule has 0 aliphatic rings. The zero-order valence-electron chi connectivity index (χ0n) is 9.53. The summed E-state index contributed by atoms with van der Waals surface area (Å²) in [6.07, 6.45) is -0.00750. The number of carbonyl (C=O) groups excluding carboxylic acids is 1. The van der Waals surface area contributed by atoms with Crippen LogP contribution in [-0.4, -0.2) is 30.8 Å². The average molecular weight is 243 g/mol. The van der Waals surface area contributed by atoms with Crippen molar-refractivity contribution in [1.82, 2.24) is 5.32 Å². The van der Waals surface area contributed by atoms with Crippen molar-refractivity contribution in [2.75, 3.05) is 13.7 Å². The van der Waals surface area contributed by atoms with E-state index < -0.39 is 0 Å². The van der Waals surface area contributed by atoms with Crippen molar-refractivity contribution in [2.24, 2.45) is 0 Å². The molecule has 0 aliphatic heterocycles. The molecule has 0 aliphatic carbocycles. The van der Waals surface area contributed by atoms with E-state index in [1.807, 2.05) is 12.1 Å². The maximum Gasteiger partial charge on any atom is 0.310 e. The summed E-state index contributed by atoms with van der Waals surface area (Å²) in [4.78, 5) is 13.2. The molecule has 1 unspecified atom stereocenters. The van der Waals surface area contributed by atoms with Gasteiger partial charge in [-0.1, -0.05) is 0 Å². The second kappa shape index (κ2) is 6.62. The summed E-state index contributed by atoms with van der Waals surface area (Å²) in [6.45, 7) is 3.03. The normalized spacial score (nSPS) is 12.4. The Labute approximate surface area is 99.2 Å². The molecule has 0 radical (unpaired) electrons. The van der Waals surface area contributed by atoms with Crippen molar-refractivity contribution in [3.05, 3.63) is 21.9 Å². The molecule has 5 heteroatoms. The minimum absolute atomic E-state index is 0.217. The van der Waals surface area contributed by atoms with E-state index in [-0.39, 0.29) is 12.1 Å². The predicted molar refractivity (Wildman–Crippen MR) is 63.4 cm³/mol. The van der Waals surface area contributed by atoms with Gasteiger partial charge in [0.05, 0.1) is 19.6 Å². The molecule has 0 bridgehead atoms. The number of esters is 1. The molecular weight excluding hydrogens is 226 g/mol. The third kappa shape index (κ3) is 4.74. The van der Waals surface area contributed by atoms with Crippen molar-refractivity contribution < 1.29 is 14.6 Å². The van der Waals surface area contributed by atoms with Crippen LogP contribution in [0.5, 0.6) is 0 Å². The molecule has 1 rings (SSSR count). The first-order valence-corrected chi connectivity index (χ1v) is 5.96. The minimum atomic E-state index is -0.338. The van der Waals surface area contributed by atoms with Crippen molar-refractivity contribution in [3.8, 4) is 0 Å². The lowest BCUT2D eigenvalue weighted by Crippen LogP contribution is -2.23. The molecule has 16 heavy (non-hydrogen) atoms. The molecule has 4 nitrogen and oxygen atoms in total. The number of aliphatic hydroxyl groups excluding tert-OH is 1. The molecule has 1 aromatic heterocycles. The first kappa shape index (κ1) is 13.2. The van der Waals surface area contributed by atoms with Crippen molar-refractivity contribution >= 4 is 17.3 Å². The third-order valence-electron chi connectivity index (χ3n) is 2.00. The number of rotatable bonds is 6. The van der Waals surface area contributed by atoms with E-state index >= 15 is 0 Å². The highest BCUT2D eigenvalue weighted by molar-refractivity contribution is 7.12. The molecule has 1 heterocycles. The second-order valence-electron chi connectivity index (χ2n) is 3.60. The first-order chi connectivity index (χ1) is 7.61. The van der Waals surface area contributed by atoms with Crippen LogP contribution in [-0.2, 0) is 22.5 Å². The number of aliphatic hydroxyl groups is 1. The van der Waals surface area contributed by atoms with Gasteiger partial charge in [-0.25, -0.2) is 0 Å². The van der Waals surface area contributed by atoms with Crippen LogP contribution in [0.2, 0.25) is 0 Å². The van der Waals surface area contributed by atoms with Crippen molar-refractivity contribution in [2.45, 2.75) is 26.0 Å². The van der Waals surface area contributed by atoms with Crippen LogP contribution in [0.15, 0.2) is 12.1 Å². The molecular formula is C11H17NO3S. The van der Waals surface area contributed by atoms with Gasteiger partial charge in [-0.3, -0.25) is 4.79 Å². The maximum atomic E-state index is 11.0. The van der Waals surface area contributed by atoms with Gasteiger partial charge in [-0.2, -0.15) is 0 Å². The number of hydrogen-bond acceptors (Lipinski definition) is 5. The Balaban J connectivity index is 2.36. The number of thiophene rings is 1. The van der Waals surface area contributed by atoms with E-state index in [1.54, 1.807) is 18.3 Å². The third-order valence-corrected chi connectivity index (χ3v) is 3.09. The summed E-state index contributed by atoms with van der Waals surface area (Å²) in [5.41, 5.74) is 0. The number of ether oxygens (including phenoxy) is 1. The lowest BCUT2D eigenvalue weighted by Gasteiger charge is -2.04. The molecule has 0 saturated heterocycles. The highest BCUT2D eigenvalue weighted by Crippen LogP contribution is 2.17. The highest BCUT2D eigenvalue weighted by atomic mass is 32.1. The van der Waals surface area contributed by atoms with Crippen LogP contribution < -0.4 is 5.32 Å². The summed E-state index contributed by atoms with van der Waals surface area (Å²) in [5.74, 6) is -0.217. The van der Waals surface area contributed by atoms with E-state index in [2.05, 4.69) is 10.1 Å². The van der Waals surface area contributed by atoms with Crippen molar-refractivity contribution in [1.29, 1.82) is 0 Å². The Hall–Kier alpha value is -0.910. The highest BCUT2D eigenvalue weighted by Gasteiger charge is 2.06. The molecule has 0 fully saturated rings. The van der Waals surface area contributed by atoms with E-state index in [1.165, 1.54) is 7.11 Å². The zero-order chi connectivity index (χ0) is 12.0. The molecule has 0 spiro atoms. The fourth-order valence-electron chi connectivity index (χ4n) is 1.23. The van der Waals surface area contributed by atoms with Gasteiger partial charge in [-0.05, 0) is 19.1 Å². The Kier molecular flexibility index (Phi) is 5.45. The largest absolute Gasteiger partial charge is 0.469 e. The van der Waals surface area contributed by atoms with Gasteiger partial charge in [0.15, 0.2) is 0 Å². The molecule has 1 aromatic rings. The van der Waals surface area contributed by atoms with Gasteiger partial charge in [0.25, 0.3) is 0 Å². The fourth-order valence-corrected chi connectivity index (χ4v) is 2.20. The lowest BCUT2D eigenvalue weighted by molar-refractivity contribution is -0.139. The van der Waals surface area contributed by atoms with Crippen LogP contribution in [0, 0.1) is 0 Å². The lowest BCUT2D eigenvalue weighted by atomic mass is 10.3. The number of hydrogen-bond donors (Lipinski definition) is 2. The van der Waals surface area contributed by atoms with E-state index in [0.717, 1.165) is 16.3 Å².